The third kappa shape index (κ3) is 6.78. The van der Waals surface area contributed by atoms with Crippen molar-refractivity contribution in [3.63, 3.8) is 0 Å². The highest BCUT2D eigenvalue weighted by atomic mass is 32.2. The Balaban J connectivity index is 1.59. The van der Waals surface area contributed by atoms with Gasteiger partial charge in [0.1, 0.15) is 0 Å². The maximum absolute atomic E-state index is 12.1. The molecule has 0 saturated carbocycles. The molecule has 0 atom stereocenters. The van der Waals surface area contributed by atoms with Crippen LogP contribution in [-0.2, 0) is 14.3 Å². The first-order valence-electron chi connectivity index (χ1n) is 9.47. The highest BCUT2D eigenvalue weighted by Crippen LogP contribution is 2.16. The van der Waals surface area contributed by atoms with Crippen LogP contribution >= 0.6 is 0 Å². The predicted octanol–water partition coefficient (Wildman–Crippen LogP) is 5.19. The lowest BCUT2D eigenvalue weighted by atomic mass is 10.1. The van der Waals surface area contributed by atoms with E-state index in [1.54, 1.807) is 12.1 Å². The molecule has 0 bridgehead atoms. The molecular formula is C19H30N2O3S. The molecule has 25 heavy (non-hydrogen) atoms. The fourth-order valence-corrected chi connectivity index (χ4v) is 3.76. The van der Waals surface area contributed by atoms with E-state index in [0.29, 0.717) is 11.0 Å². The molecule has 2 rings (SSSR count). The standard InChI is InChI=1S/C19H30N2O3S/c1-2-3-4-5-6-7-8-9-10-13-16-24-25(22,23)19-20-17-14-11-12-15-18(17)21-19/h11-12,14-15H,2-10,13,16H2,1H3,(H,20,21). The molecule has 1 aromatic heterocycles. The summed E-state index contributed by atoms with van der Waals surface area (Å²) in [5.74, 6) is 0. The van der Waals surface area contributed by atoms with Gasteiger partial charge < -0.3 is 4.98 Å². The zero-order valence-electron chi connectivity index (χ0n) is 15.2. The number of rotatable bonds is 13. The number of H-pyrrole nitrogens is 1. The van der Waals surface area contributed by atoms with Gasteiger partial charge in [-0.25, -0.2) is 4.98 Å². The van der Waals surface area contributed by atoms with E-state index in [1.165, 1.54) is 44.9 Å². The van der Waals surface area contributed by atoms with Gasteiger partial charge in [0.15, 0.2) is 0 Å². The molecule has 2 aromatic rings. The lowest BCUT2D eigenvalue weighted by molar-refractivity contribution is 0.303. The van der Waals surface area contributed by atoms with Gasteiger partial charge in [0.2, 0.25) is 0 Å². The molecule has 0 aliphatic heterocycles. The van der Waals surface area contributed by atoms with E-state index < -0.39 is 10.1 Å². The van der Waals surface area contributed by atoms with E-state index in [2.05, 4.69) is 16.9 Å². The largest absolute Gasteiger partial charge is 0.331 e. The minimum Gasteiger partial charge on any atom is -0.327 e. The summed E-state index contributed by atoms with van der Waals surface area (Å²) in [5.41, 5.74) is 1.33. The van der Waals surface area contributed by atoms with Crippen LogP contribution in [-0.4, -0.2) is 25.0 Å². The first kappa shape index (κ1) is 19.9. The van der Waals surface area contributed by atoms with Crippen LogP contribution in [0.5, 0.6) is 0 Å². The number of imidazole rings is 1. The van der Waals surface area contributed by atoms with Crippen LogP contribution in [0.3, 0.4) is 0 Å². The Kier molecular flexibility index (Phi) is 8.41. The van der Waals surface area contributed by atoms with E-state index in [-0.39, 0.29) is 11.8 Å². The van der Waals surface area contributed by atoms with Crippen molar-refractivity contribution in [3.05, 3.63) is 24.3 Å². The molecule has 0 unspecified atom stereocenters. The molecule has 0 fully saturated rings. The summed E-state index contributed by atoms with van der Waals surface area (Å²) >= 11 is 0. The van der Waals surface area contributed by atoms with Crippen LogP contribution in [0.25, 0.3) is 11.0 Å². The molecule has 1 aromatic carbocycles. The number of fused-ring (bicyclic) bond motifs is 1. The highest BCUT2D eigenvalue weighted by Gasteiger charge is 2.19. The average Bonchev–Trinajstić information content (AvgIpc) is 3.05. The van der Waals surface area contributed by atoms with Crippen molar-refractivity contribution in [3.8, 4) is 0 Å². The summed E-state index contributed by atoms with van der Waals surface area (Å²) in [4.78, 5) is 6.89. The van der Waals surface area contributed by atoms with Crippen LogP contribution in [0, 0.1) is 0 Å². The number of nitrogens with one attached hydrogen (secondary N) is 1. The molecule has 0 aliphatic carbocycles. The van der Waals surface area contributed by atoms with Crippen molar-refractivity contribution < 1.29 is 12.6 Å². The van der Waals surface area contributed by atoms with Crippen LogP contribution in [0.4, 0.5) is 0 Å². The van der Waals surface area contributed by atoms with Crippen molar-refractivity contribution in [2.75, 3.05) is 6.61 Å². The molecule has 0 amide bonds. The molecule has 6 heteroatoms. The number of benzene rings is 1. The Labute approximate surface area is 151 Å². The Morgan fingerprint density at radius 3 is 2.16 bits per heavy atom. The van der Waals surface area contributed by atoms with Gasteiger partial charge in [-0.1, -0.05) is 76.8 Å². The Morgan fingerprint density at radius 2 is 1.52 bits per heavy atom. The molecule has 0 aliphatic rings. The van der Waals surface area contributed by atoms with Gasteiger partial charge in [0.05, 0.1) is 17.6 Å². The summed E-state index contributed by atoms with van der Waals surface area (Å²) in [6, 6.07) is 7.22. The summed E-state index contributed by atoms with van der Waals surface area (Å²) in [5, 5.41) is -0.110. The Bertz CT molecular complexity index is 692. The second-order valence-corrected chi connectivity index (χ2v) is 8.05. The van der Waals surface area contributed by atoms with Gasteiger partial charge in [-0.05, 0) is 18.6 Å². The molecule has 0 spiro atoms. The number of aromatic amines is 1. The Morgan fingerprint density at radius 1 is 0.920 bits per heavy atom. The van der Waals surface area contributed by atoms with E-state index >= 15 is 0 Å². The fourth-order valence-electron chi connectivity index (χ4n) is 2.86. The fraction of sp³-hybridized carbons (Fsp3) is 0.632. The first-order chi connectivity index (χ1) is 12.1. The van der Waals surface area contributed by atoms with Gasteiger partial charge in [0, 0.05) is 0 Å². The van der Waals surface area contributed by atoms with Crippen molar-refractivity contribution in [1.29, 1.82) is 0 Å². The maximum atomic E-state index is 12.1. The lowest BCUT2D eigenvalue weighted by Gasteiger charge is -2.04. The predicted molar refractivity (Wildman–Crippen MR) is 101 cm³/mol. The number of para-hydroxylation sites is 2. The molecule has 5 nitrogen and oxygen atoms in total. The third-order valence-electron chi connectivity index (χ3n) is 4.34. The summed E-state index contributed by atoms with van der Waals surface area (Å²) in [6.45, 7) is 2.45. The number of nitrogens with zero attached hydrogens (tertiary/aromatic N) is 1. The summed E-state index contributed by atoms with van der Waals surface area (Å²) in [7, 11) is -3.80. The average molecular weight is 367 g/mol. The quantitative estimate of drug-likeness (QED) is 0.391. The first-order valence-corrected chi connectivity index (χ1v) is 10.9. The van der Waals surface area contributed by atoms with Crippen molar-refractivity contribution in [2.45, 2.75) is 76.3 Å². The zero-order valence-corrected chi connectivity index (χ0v) is 16.0. The molecular weight excluding hydrogens is 336 g/mol. The van der Waals surface area contributed by atoms with Crippen LogP contribution in [0.1, 0.15) is 71.1 Å². The van der Waals surface area contributed by atoms with Crippen LogP contribution < -0.4 is 0 Å². The van der Waals surface area contributed by atoms with E-state index in [4.69, 9.17) is 4.18 Å². The minimum absolute atomic E-state index is 0.110. The van der Waals surface area contributed by atoms with Gasteiger partial charge in [-0.15, -0.1) is 0 Å². The van der Waals surface area contributed by atoms with Gasteiger partial charge in [-0.2, -0.15) is 8.42 Å². The van der Waals surface area contributed by atoms with E-state index in [9.17, 15) is 8.42 Å². The molecule has 1 heterocycles. The minimum atomic E-state index is -3.80. The maximum Gasteiger partial charge on any atom is 0.331 e. The van der Waals surface area contributed by atoms with Gasteiger partial charge >= 0.3 is 10.1 Å². The molecule has 1 N–H and O–H groups in total. The normalized spacial score (nSPS) is 12.0. The van der Waals surface area contributed by atoms with E-state index in [1.807, 2.05) is 12.1 Å². The SMILES string of the molecule is CCCCCCCCCCCCOS(=O)(=O)c1nc2ccccc2[nH]1. The second-order valence-electron chi connectivity index (χ2n) is 6.52. The zero-order chi connectivity index (χ0) is 18.0. The monoisotopic (exact) mass is 366 g/mol. The number of hydrogen-bond donors (Lipinski definition) is 1. The topological polar surface area (TPSA) is 72.1 Å². The van der Waals surface area contributed by atoms with Crippen molar-refractivity contribution in [2.24, 2.45) is 0 Å². The highest BCUT2D eigenvalue weighted by molar-refractivity contribution is 7.86. The molecule has 0 saturated heterocycles. The lowest BCUT2D eigenvalue weighted by Crippen LogP contribution is -2.09. The summed E-state index contributed by atoms with van der Waals surface area (Å²) in [6.07, 6.45) is 12.0. The van der Waals surface area contributed by atoms with Gasteiger partial charge in [-0.3, -0.25) is 4.18 Å². The van der Waals surface area contributed by atoms with Crippen molar-refractivity contribution in [1.82, 2.24) is 9.97 Å². The van der Waals surface area contributed by atoms with Gasteiger partial charge in [0.25, 0.3) is 5.16 Å². The van der Waals surface area contributed by atoms with E-state index in [0.717, 1.165) is 19.3 Å². The number of aromatic nitrogens is 2. The summed E-state index contributed by atoms with van der Waals surface area (Å²) < 4.78 is 29.4. The Hall–Kier alpha value is -1.40. The van der Waals surface area contributed by atoms with Crippen molar-refractivity contribution >= 4 is 21.2 Å². The number of hydrogen-bond acceptors (Lipinski definition) is 4. The molecule has 140 valence electrons. The third-order valence-corrected chi connectivity index (χ3v) is 5.48. The number of unbranched alkanes of at least 4 members (excludes halogenated alkanes) is 9. The second kappa shape index (κ2) is 10.6. The molecule has 0 radical (unpaired) electrons. The van der Waals surface area contributed by atoms with Crippen LogP contribution in [0.2, 0.25) is 0 Å². The van der Waals surface area contributed by atoms with Crippen LogP contribution in [0.15, 0.2) is 29.4 Å². The smallest absolute Gasteiger partial charge is 0.327 e.